The van der Waals surface area contributed by atoms with Crippen LogP contribution in [0.2, 0.25) is 0 Å². The molecule has 0 N–H and O–H groups in total. The maximum absolute atomic E-state index is 5.14. The van der Waals surface area contributed by atoms with Gasteiger partial charge in [-0.3, -0.25) is 0 Å². The molecule has 0 aliphatic rings. The van der Waals surface area contributed by atoms with Crippen LogP contribution in [0, 0.1) is 0 Å². The van der Waals surface area contributed by atoms with Gasteiger partial charge in [-0.2, -0.15) is 0 Å². The summed E-state index contributed by atoms with van der Waals surface area (Å²) in [6.07, 6.45) is 0. The number of hydrogen-bond acceptors (Lipinski definition) is 1. The first-order valence-electron chi connectivity index (χ1n) is 3.98. The SMILES string of the molecule is C=C(C)c1ccc([SiH2]OC)cc1. The number of hydrogen-bond donors (Lipinski definition) is 0. The molecule has 0 aliphatic heterocycles. The van der Waals surface area contributed by atoms with Crippen LogP contribution in [0.25, 0.3) is 5.57 Å². The highest BCUT2D eigenvalue weighted by Gasteiger charge is 1.94. The fourth-order valence-electron chi connectivity index (χ4n) is 1.05. The second kappa shape index (κ2) is 4.23. The molecule has 64 valence electrons. The molecule has 1 aromatic rings. The minimum atomic E-state index is -0.471. The van der Waals surface area contributed by atoms with E-state index >= 15 is 0 Å². The van der Waals surface area contributed by atoms with Crippen LogP contribution in [-0.2, 0) is 4.43 Å². The van der Waals surface area contributed by atoms with Gasteiger partial charge in [-0.15, -0.1) is 0 Å². The first-order chi connectivity index (χ1) is 5.74. The smallest absolute Gasteiger partial charge is 0.191 e. The summed E-state index contributed by atoms with van der Waals surface area (Å²) in [6.45, 7) is 5.90. The van der Waals surface area contributed by atoms with Crippen LogP contribution in [0.5, 0.6) is 0 Å². The van der Waals surface area contributed by atoms with E-state index in [4.69, 9.17) is 4.43 Å². The summed E-state index contributed by atoms with van der Waals surface area (Å²) in [5.74, 6) is 0. The monoisotopic (exact) mass is 178 g/mol. The molecule has 0 bridgehead atoms. The molecule has 0 amide bonds. The van der Waals surface area contributed by atoms with Gasteiger partial charge >= 0.3 is 0 Å². The lowest BCUT2D eigenvalue weighted by molar-refractivity contribution is 0.450. The number of allylic oxidation sites excluding steroid dienone is 1. The minimum Gasteiger partial charge on any atom is -0.422 e. The van der Waals surface area contributed by atoms with Crippen LogP contribution in [0.15, 0.2) is 30.8 Å². The van der Waals surface area contributed by atoms with Gasteiger partial charge in [0.15, 0.2) is 9.76 Å². The Hall–Kier alpha value is -0.863. The summed E-state index contributed by atoms with van der Waals surface area (Å²) in [5.41, 5.74) is 2.32. The highest BCUT2D eigenvalue weighted by Crippen LogP contribution is 2.08. The van der Waals surface area contributed by atoms with Crippen molar-refractivity contribution in [2.75, 3.05) is 7.11 Å². The van der Waals surface area contributed by atoms with Gasteiger partial charge < -0.3 is 4.43 Å². The molecule has 1 rings (SSSR count). The standard InChI is InChI=1S/C10H14OSi/c1-8(2)9-4-6-10(7-5-9)12-11-3/h4-7H,1,12H2,2-3H3. The van der Waals surface area contributed by atoms with Crippen molar-refractivity contribution >= 4 is 20.5 Å². The molecule has 0 saturated carbocycles. The van der Waals surface area contributed by atoms with Crippen molar-refractivity contribution in [3.8, 4) is 0 Å². The quantitative estimate of drug-likeness (QED) is 0.629. The Bertz CT molecular complexity index is 264. The van der Waals surface area contributed by atoms with Gasteiger partial charge in [0.05, 0.1) is 0 Å². The average molecular weight is 178 g/mol. The molecule has 0 heterocycles. The summed E-state index contributed by atoms with van der Waals surface area (Å²) in [6, 6.07) is 8.45. The molecule has 2 heteroatoms. The highest BCUT2D eigenvalue weighted by atomic mass is 28.2. The molecular weight excluding hydrogens is 164 g/mol. The Morgan fingerprint density at radius 3 is 2.33 bits per heavy atom. The van der Waals surface area contributed by atoms with E-state index in [1.54, 1.807) is 7.11 Å². The van der Waals surface area contributed by atoms with Crippen molar-refractivity contribution in [1.29, 1.82) is 0 Å². The van der Waals surface area contributed by atoms with E-state index < -0.39 is 9.76 Å². The fraction of sp³-hybridized carbons (Fsp3) is 0.200. The van der Waals surface area contributed by atoms with E-state index in [1.807, 2.05) is 6.92 Å². The molecule has 0 radical (unpaired) electrons. The summed E-state index contributed by atoms with van der Waals surface area (Å²) >= 11 is 0. The highest BCUT2D eigenvalue weighted by molar-refractivity contribution is 6.46. The zero-order valence-corrected chi connectivity index (χ0v) is 9.05. The van der Waals surface area contributed by atoms with Crippen LogP contribution < -0.4 is 5.19 Å². The van der Waals surface area contributed by atoms with Gasteiger partial charge in [0.25, 0.3) is 0 Å². The maximum atomic E-state index is 5.14. The summed E-state index contributed by atoms with van der Waals surface area (Å²) in [7, 11) is 1.29. The molecule has 1 aromatic carbocycles. The third-order valence-electron chi connectivity index (χ3n) is 1.76. The Morgan fingerprint density at radius 2 is 1.92 bits per heavy atom. The van der Waals surface area contributed by atoms with Crippen LogP contribution in [-0.4, -0.2) is 16.9 Å². The number of rotatable bonds is 3. The predicted octanol–water partition coefficient (Wildman–Crippen LogP) is 1.08. The van der Waals surface area contributed by atoms with Crippen molar-refractivity contribution in [1.82, 2.24) is 0 Å². The number of benzene rings is 1. The van der Waals surface area contributed by atoms with Crippen molar-refractivity contribution in [2.24, 2.45) is 0 Å². The molecule has 0 aliphatic carbocycles. The topological polar surface area (TPSA) is 9.23 Å². The van der Waals surface area contributed by atoms with Gasteiger partial charge in [0.2, 0.25) is 0 Å². The Morgan fingerprint density at radius 1 is 1.33 bits per heavy atom. The van der Waals surface area contributed by atoms with Crippen LogP contribution in [0.3, 0.4) is 0 Å². The zero-order chi connectivity index (χ0) is 8.97. The third kappa shape index (κ3) is 2.32. The average Bonchev–Trinajstić information content (AvgIpc) is 2.06. The van der Waals surface area contributed by atoms with Gasteiger partial charge in [-0.05, 0) is 17.7 Å². The molecule has 0 saturated heterocycles. The van der Waals surface area contributed by atoms with Gasteiger partial charge in [0, 0.05) is 7.11 Å². The largest absolute Gasteiger partial charge is 0.422 e. The molecular formula is C10H14OSi. The second-order valence-electron chi connectivity index (χ2n) is 2.91. The third-order valence-corrected chi connectivity index (χ3v) is 2.85. The normalized spacial score (nSPS) is 10.8. The molecule has 0 fully saturated rings. The Kier molecular flexibility index (Phi) is 3.26. The van der Waals surface area contributed by atoms with Crippen LogP contribution >= 0.6 is 0 Å². The predicted molar refractivity (Wildman–Crippen MR) is 56.3 cm³/mol. The lowest BCUT2D eigenvalue weighted by Gasteiger charge is -2.01. The van der Waals surface area contributed by atoms with E-state index in [0.717, 1.165) is 5.57 Å². The Labute approximate surface area is 76.0 Å². The van der Waals surface area contributed by atoms with Gasteiger partial charge in [-0.1, -0.05) is 36.4 Å². The van der Waals surface area contributed by atoms with E-state index in [2.05, 4.69) is 30.8 Å². The summed E-state index contributed by atoms with van der Waals surface area (Å²) in [4.78, 5) is 0. The van der Waals surface area contributed by atoms with Crippen LogP contribution in [0.4, 0.5) is 0 Å². The van der Waals surface area contributed by atoms with Gasteiger partial charge in [-0.25, -0.2) is 0 Å². The Balaban J connectivity index is 2.78. The van der Waals surface area contributed by atoms with E-state index in [-0.39, 0.29) is 0 Å². The zero-order valence-electron chi connectivity index (χ0n) is 7.63. The van der Waals surface area contributed by atoms with E-state index in [1.165, 1.54) is 10.8 Å². The van der Waals surface area contributed by atoms with E-state index in [9.17, 15) is 0 Å². The maximum Gasteiger partial charge on any atom is 0.191 e. The minimum absolute atomic E-state index is 0.471. The van der Waals surface area contributed by atoms with Crippen molar-refractivity contribution < 1.29 is 4.43 Å². The first kappa shape index (κ1) is 9.23. The lowest BCUT2D eigenvalue weighted by Crippen LogP contribution is -2.15. The molecule has 0 atom stereocenters. The van der Waals surface area contributed by atoms with Crippen molar-refractivity contribution in [3.05, 3.63) is 36.4 Å². The summed E-state index contributed by atoms with van der Waals surface area (Å²) < 4.78 is 5.14. The fourth-order valence-corrected chi connectivity index (χ4v) is 1.81. The molecule has 0 spiro atoms. The van der Waals surface area contributed by atoms with Crippen LogP contribution in [0.1, 0.15) is 12.5 Å². The molecule has 12 heavy (non-hydrogen) atoms. The lowest BCUT2D eigenvalue weighted by atomic mass is 10.1. The molecule has 0 unspecified atom stereocenters. The van der Waals surface area contributed by atoms with Crippen molar-refractivity contribution in [3.63, 3.8) is 0 Å². The summed E-state index contributed by atoms with van der Waals surface area (Å²) in [5, 5.41) is 1.34. The van der Waals surface area contributed by atoms with Gasteiger partial charge in [0.1, 0.15) is 0 Å². The van der Waals surface area contributed by atoms with Crippen molar-refractivity contribution in [2.45, 2.75) is 6.92 Å². The van der Waals surface area contributed by atoms with E-state index in [0.29, 0.717) is 0 Å². The first-order valence-corrected chi connectivity index (χ1v) is 5.26. The second-order valence-corrected chi connectivity index (χ2v) is 4.59. The molecule has 0 aromatic heterocycles. The molecule has 1 nitrogen and oxygen atoms in total.